The molecule has 0 saturated heterocycles. The molecule has 0 aliphatic carbocycles. The third-order valence-corrected chi connectivity index (χ3v) is 4.64. The number of carbonyl (C=O) groups is 2. The molecule has 0 bridgehead atoms. The Kier molecular flexibility index (Phi) is 6.85. The van der Waals surface area contributed by atoms with E-state index in [1.165, 1.54) is 33.5 Å². The molecule has 0 spiro atoms. The van der Waals surface area contributed by atoms with Crippen molar-refractivity contribution in [2.24, 2.45) is 0 Å². The molecule has 8 heteroatoms. The van der Waals surface area contributed by atoms with Crippen LogP contribution < -0.4 is 19.5 Å². The molecule has 0 radical (unpaired) electrons. The van der Waals surface area contributed by atoms with Gasteiger partial charge in [-0.05, 0) is 30.5 Å². The summed E-state index contributed by atoms with van der Waals surface area (Å²) in [6, 6.07) is 6.62. The highest BCUT2D eigenvalue weighted by Gasteiger charge is 2.19. The molecule has 7 nitrogen and oxygen atoms in total. The van der Waals surface area contributed by atoms with E-state index in [4.69, 9.17) is 18.9 Å². The first-order valence-corrected chi connectivity index (χ1v) is 8.68. The molecule has 26 heavy (non-hydrogen) atoms. The lowest BCUT2D eigenvalue weighted by Gasteiger charge is -2.14. The molecule has 140 valence electrons. The van der Waals surface area contributed by atoms with Crippen LogP contribution in [0.1, 0.15) is 28.2 Å². The van der Waals surface area contributed by atoms with Gasteiger partial charge in [-0.3, -0.25) is 4.79 Å². The first-order chi connectivity index (χ1) is 12.5. The van der Waals surface area contributed by atoms with E-state index in [0.29, 0.717) is 17.2 Å². The van der Waals surface area contributed by atoms with Crippen LogP contribution in [-0.4, -0.2) is 39.8 Å². The van der Waals surface area contributed by atoms with Crippen molar-refractivity contribution < 1.29 is 28.5 Å². The van der Waals surface area contributed by atoms with Crippen LogP contribution in [0, 0.1) is 0 Å². The fraction of sp³-hybridized carbons (Fsp3) is 0.333. The quantitative estimate of drug-likeness (QED) is 0.710. The lowest BCUT2D eigenvalue weighted by Crippen LogP contribution is -2.30. The van der Waals surface area contributed by atoms with Gasteiger partial charge in [-0.15, -0.1) is 11.3 Å². The normalized spacial score (nSPS) is 11.4. The van der Waals surface area contributed by atoms with Crippen molar-refractivity contribution in [3.05, 3.63) is 40.1 Å². The van der Waals surface area contributed by atoms with Gasteiger partial charge in [-0.25, -0.2) is 4.79 Å². The van der Waals surface area contributed by atoms with Crippen LogP contribution in [0.25, 0.3) is 0 Å². The van der Waals surface area contributed by atoms with Crippen LogP contribution in [0.15, 0.2) is 29.6 Å². The highest BCUT2D eigenvalue weighted by molar-refractivity contribution is 7.10. The van der Waals surface area contributed by atoms with Crippen LogP contribution in [0.3, 0.4) is 0 Å². The first-order valence-electron chi connectivity index (χ1n) is 7.80. The molecule has 0 aliphatic rings. The molecular formula is C18H21NO6S. The standard InChI is InChI=1S/C18H21NO6S/c1-11(15-6-5-7-26-15)19-16(20)10-25-18(21)12-8-13(22-2)17(24-4)14(9-12)23-3/h5-9,11H,10H2,1-4H3,(H,19,20)/t11-/m1/s1. The van der Waals surface area contributed by atoms with Crippen LogP contribution in [-0.2, 0) is 9.53 Å². The number of rotatable bonds is 8. The number of methoxy groups -OCH3 is 3. The average Bonchev–Trinajstić information content (AvgIpc) is 3.19. The van der Waals surface area contributed by atoms with Crippen molar-refractivity contribution in [2.75, 3.05) is 27.9 Å². The smallest absolute Gasteiger partial charge is 0.338 e. The van der Waals surface area contributed by atoms with Crippen molar-refractivity contribution in [1.29, 1.82) is 0 Å². The molecule has 0 saturated carbocycles. The molecule has 1 aromatic heterocycles. The molecule has 0 unspecified atom stereocenters. The zero-order valence-electron chi connectivity index (χ0n) is 15.0. The Morgan fingerprint density at radius 1 is 1.12 bits per heavy atom. The first kappa shape index (κ1) is 19.6. The maximum atomic E-state index is 12.2. The topological polar surface area (TPSA) is 83.1 Å². The minimum absolute atomic E-state index is 0.151. The van der Waals surface area contributed by atoms with E-state index in [0.717, 1.165) is 4.88 Å². The molecule has 1 atom stereocenters. The van der Waals surface area contributed by atoms with Crippen molar-refractivity contribution in [1.82, 2.24) is 5.32 Å². The molecule has 2 rings (SSSR count). The Labute approximate surface area is 155 Å². The Bertz CT molecular complexity index is 734. The zero-order chi connectivity index (χ0) is 19.1. The van der Waals surface area contributed by atoms with Gasteiger partial charge in [0.05, 0.1) is 32.9 Å². The van der Waals surface area contributed by atoms with E-state index in [1.54, 1.807) is 11.3 Å². The van der Waals surface area contributed by atoms with Gasteiger partial charge in [0.2, 0.25) is 5.75 Å². The lowest BCUT2D eigenvalue weighted by molar-refractivity contribution is -0.124. The zero-order valence-corrected chi connectivity index (χ0v) is 15.8. The van der Waals surface area contributed by atoms with E-state index >= 15 is 0 Å². The molecular weight excluding hydrogens is 358 g/mol. The molecule has 1 aromatic carbocycles. The Morgan fingerprint density at radius 2 is 1.77 bits per heavy atom. The van der Waals surface area contributed by atoms with E-state index in [1.807, 2.05) is 24.4 Å². The number of hydrogen-bond acceptors (Lipinski definition) is 7. The molecule has 1 heterocycles. The third-order valence-electron chi connectivity index (χ3n) is 3.58. The number of ether oxygens (including phenoxy) is 4. The van der Waals surface area contributed by atoms with E-state index < -0.39 is 5.97 Å². The average molecular weight is 379 g/mol. The molecule has 1 amide bonds. The summed E-state index contributed by atoms with van der Waals surface area (Å²) in [5, 5.41) is 4.71. The summed E-state index contributed by atoms with van der Waals surface area (Å²) in [4.78, 5) is 25.2. The summed E-state index contributed by atoms with van der Waals surface area (Å²) in [6.07, 6.45) is 0. The van der Waals surface area contributed by atoms with Gasteiger partial charge in [0.1, 0.15) is 0 Å². The van der Waals surface area contributed by atoms with Crippen LogP contribution >= 0.6 is 11.3 Å². The van der Waals surface area contributed by atoms with Crippen molar-refractivity contribution in [3.63, 3.8) is 0 Å². The molecule has 0 aliphatic heterocycles. The summed E-state index contributed by atoms with van der Waals surface area (Å²) >= 11 is 1.54. The Hall–Kier alpha value is -2.74. The number of carbonyl (C=O) groups excluding carboxylic acids is 2. The summed E-state index contributed by atoms with van der Waals surface area (Å²) in [7, 11) is 4.37. The number of esters is 1. The number of amides is 1. The van der Waals surface area contributed by atoms with E-state index in [9.17, 15) is 9.59 Å². The van der Waals surface area contributed by atoms with Crippen molar-refractivity contribution >= 4 is 23.2 Å². The van der Waals surface area contributed by atoms with Crippen molar-refractivity contribution in [2.45, 2.75) is 13.0 Å². The van der Waals surface area contributed by atoms with Crippen LogP contribution in [0.4, 0.5) is 0 Å². The van der Waals surface area contributed by atoms with E-state index in [-0.39, 0.29) is 24.1 Å². The lowest BCUT2D eigenvalue weighted by atomic mass is 10.2. The maximum Gasteiger partial charge on any atom is 0.338 e. The van der Waals surface area contributed by atoms with Gasteiger partial charge in [-0.2, -0.15) is 0 Å². The van der Waals surface area contributed by atoms with Gasteiger partial charge in [0, 0.05) is 4.88 Å². The van der Waals surface area contributed by atoms with Gasteiger partial charge < -0.3 is 24.3 Å². The number of thiophene rings is 1. The molecule has 0 fully saturated rings. The number of hydrogen-bond donors (Lipinski definition) is 1. The highest BCUT2D eigenvalue weighted by atomic mass is 32.1. The predicted molar refractivity (Wildman–Crippen MR) is 97.3 cm³/mol. The highest BCUT2D eigenvalue weighted by Crippen LogP contribution is 2.38. The number of nitrogens with one attached hydrogen (secondary N) is 1. The fourth-order valence-electron chi connectivity index (χ4n) is 2.31. The predicted octanol–water partition coefficient (Wildman–Crippen LogP) is 2.81. The SMILES string of the molecule is COc1cc(C(=O)OCC(=O)N[C@H](C)c2cccs2)cc(OC)c1OC. The van der Waals surface area contributed by atoms with Gasteiger partial charge >= 0.3 is 5.97 Å². The summed E-state index contributed by atoms with van der Waals surface area (Å²) in [6.45, 7) is 1.48. The third kappa shape index (κ3) is 4.66. The fourth-order valence-corrected chi connectivity index (χ4v) is 3.04. The number of benzene rings is 1. The largest absolute Gasteiger partial charge is 0.493 e. The van der Waals surface area contributed by atoms with Gasteiger partial charge in [0.15, 0.2) is 18.1 Å². The van der Waals surface area contributed by atoms with Crippen molar-refractivity contribution in [3.8, 4) is 17.2 Å². The minimum Gasteiger partial charge on any atom is -0.493 e. The summed E-state index contributed by atoms with van der Waals surface area (Å²) < 4.78 is 20.7. The second-order valence-electron chi connectivity index (χ2n) is 5.29. The van der Waals surface area contributed by atoms with Crippen LogP contribution in [0.2, 0.25) is 0 Å². The Morgan fingerprint density at radius 3 is 2.27 bits per heavy atom. The van der Waals surface area contributed by atoms with Gasteiger partial charge in [-0.1, -0.05) is 6.07 Å². The maximum absolute atomic E-state index is 12.2. The molecule has 2 aromatic rings. The minimum atomic E-state index is -0.664. The molecule has 1 N–H and O–H groups in total. The summed E-state index contributed by atoms with van der Waals surface area (Å²) in [5.74, 6) is -0.0203. The second kappa shape index (κ2) is 9.10. The van der Waals surface area contributed by atoms with E-state index in [2.05, 4.69) is 5.32 Å². The Balaban J connectivity index is 2.00. The monoisotopic (exact) mass is 379 g/mol. The second-order valence-corrected chi connectivity index (χ2v) is 6.27. The van der Waals surface area contributed by atoms with Crippen LogP contribution in [0.5, 0.6) is 17.2 Å². The summed E-state index contributed by atoms with van der Waals surface area (Å²) in [5.41, 5.74) is 0.193. The van der Waals surface area contributed by atoms with Gasteiger partial charge in [0.25, 0.3) is 5.91 Å².